The molecule has 0 unspecified atom stereocenters. The van der Waals surface area contributed by atoms with E-state index in [0.717, 1.165) is 12.8 Å². The van der Waals surface area contributed by atoms with E-state index in [2.05, 4.69) is 10.2 Å². The second-order valence-electron chi connectivity index (χ2n) is 7.76. The molecule has 0 aliphatic carbocycles. The van der Waals surface area contributed by atoms with Crippen LogP contribution < -0.4 is 9.47 Å². The minimum Gasteiger partial charge on any atom is -0.494 e. The van der Waals surface area contributed by atoms with Crippen molar-refractivity contribution in [3.63, 3.8) is 0 Å². The number of amides is 2. The molecule has 3 aromatic rings. The standard InChI is InChI=1S/C24H27N3O6/c1-5-6-11-27-23(30)17-9-7-15(12-18(17)24(27)31)21(28)25-26-22(29)16-8-10-19(33-14(2)3)20(13-16)32-4/h7-10,12-14,30-31H,5-6,11H2,1-4H3. The first-order valence-corrected chi connectivity index (χ1v) is 10.7. The molecule has 1 aromatic heterocycles. The molecule has 0 atom stereocenters. The van der Waals surface area contributed by atoms with Crippen molar-refractivity contribution in [3.8, 4) is 23.3 Å². The Morgan fingerprint density at radius 2 is 1.55 bits per heavy atom. The van der Waals surface area contributed by atoms with Crippen molar-refractivity contribution in [2.24, 2.45) is 10.2 Å². The van der Waals surface area contributed by atoms with Crippen LogP contribution in [0, 0.1) is 0 Å². The van der Waals surface area contributed by atoms with Crippen LogP contribution in [0.2, 0.25) is 0 Å². The third-order valence-corrected chi connectivity index (χ3v) is 5.00. The monoisotopic (exact) mass is 453 g/mol. The summed E-state index contributed by atoms with van der Waals surface area (Å²) < 4.78 is 12.3. The van der Waals surface area contributed by atoms with Gasteiger partial charge in [-0.2, -0.15) is 0 Å². The van der Waals surface area contributed by atoms with Gasteiger partial charge >= 0.3 is 0 Å². The maximum atomic E-state index is 12.5. The lowest BCUT2D eigenvalue weighted by atomic mass is 10.1. The van der Waals surface area contributed by atoms with Crippen molar-refractivity contribution in [1.29, 1.82) is 0 Å². The van der Waals surface area contributed by atoms with Crippen LogP contribution in [0.1, 0.15) is 54.3 Å². The Labute approximate surface area is 191 Å². The summed E-state index contributed by atoms with van der Waals surface area (Å²) in [6.07, 6.45) is 1.60. The average Bonchev–Trinajstić information content (AvgIpc) is 3.04. The van der Waals surface area contributed by atoms with Gasteiger partial charge in [-0.15, -0.1) is 10.2 Å². The molecule has 0 fully saturated rings. The van der Waals surface area contributed by atoms with Crippen molar-refractivity contribution in [2.75, 3.05) is 7.11 Å². The summed E-state index contributed by atoms with van der Waals surface area (Å²) in [4.78, 5) is 24.9. The number of hydrogen-bond donors (Lipinski definition) is 2. The molecule has 1 heterocycles. The predicted molar refractivity (Wildman–Crippen MR) is 122 cm³/mol. The van der Waals surface area contributed by atoms with Crippen molar-refractivity contribution in [1.82, 2.24) is 4.57 Å². The molecular weight excluding hydrogens is 426 g/mol. The first-order valence-electron chi connectivity index (χ1n) is 10.7. The van der Waals surface area contributed by atoms with E-state index in [-0.39, 0.29) is 29.0 Å². The Hall–Kier alpha value is -3.88. The van der Waals surface area contributed by atoms with Gasteiger partial charge in [0.05, 0.1) is 13.2 Å². The molecule has 2 aromatic carbocycles. The van der Waals surface area contributed by atoms with Crippen LogP contribution in [0.5, 0.6) is 23.3 Å². The van der Waals surface area contributed by atoms with Crippen LogP contribution >= 0.6 is 0 Å². The zero-order valence-electron chi connectivity index (χ0n) is 19.0. The van der Waals surface area contributed by atoms with Gasteiger partial charge in [-0.05, 0) is 56.7 Å². The van der Waals surface area contributed by atoms with Gasteiger partial charge in [-0.3, -0.25) is 14.2 Å². The second-order valence-corrected chi connectivity index (χ2v) is 7.76. The summed E-state index contributed by atoms with van der Waals surface area (Å²) in [5.74, 6) is -0.814. The molecule has 0 spiro atoms. The number of ether oxygens (including phenoxy) is 2. The lowest BCUT2D eigenvalue weighted by Crippen LogP contribution is -2.07. The Bertz CT molecular complexity index is 1210. The zero-order chi connectivity index (χ0) is 24.1. The smallest absolute Gasteiger partial charge is 0.295 e. The second kappa shape index (κ2) is 10.2. The maximum Gasteiger partial charge on any atom is 0.295 e. The average molecular weight is 453 g/mol. The maximum absolute atomic E-state index is 12.5. The first kappa shape index (κ1) is 23.8. The minimum absolute atomic E-state index is 0.0643. The van der Waals surface area contributed by atoms with Gasteiger partial charge in [0.1, 0.15) is 0 Å². The van der Waals surface area contributed by atoms with Gasteiger partial charge in [0.25, 0.3) is 11.8 Å². The number of methoxy groups -OCH3 is 1. The molecule has 33 heavy (non-hydrogen) atoms. The molecule has 0 radical (unpaired) electrons. The van der Waals surface area contributed by atoms with Crippen LogP contribution in [-0.2, 0) is 6.54 Å². The van der Waals surface area contributed by atoms with Crippen molar-refractivity contribution in [2.45, 2.75) is 46.3 Å². The van der Waals surface area contributed by atoms with Crippen LogP contribution in [-0.4, -0.2) is 39.8 Å². The fourth-order valence-corrected chi connectivity index (χ4v) is 3.33. The molecule has 0 aliphatic heterocycles. The Balaban J connectivity index is 1.81. The number of rotatable bonds is 8. The fraction of sp³-hybridized carbons (Fsp3) is 0.333. The van der Waals surface area contributed by atoms with E-state index in [4.69, 9.17) is 9.47 Å². The summed E-state index contributed by atoms with van der Waals surface area (Å²) >= 11 is 0. The van der Waals surface area contributed by atoms with Crippen molar-refractivity contribution < 1.29 is 29.3 Å². The molecule has 9 nitrogen and oxygen atoms in total. The number of fused-ring (bicyclic) bond motifs is 1. The van der Waals surface area contributed by atoms with E-state index in [1.54, 1.807) is 6.07 Å². The summed E-state index contributed by atoms with van der Waals surface area (Å²) in [6, 6.07) is 8.97. The highest BCUT2D eigenvalue weighted by Gasteiger charge is 2.18. The van der Waals surface area contributed by atoms with Gasteiger partial charge in [-0.25, -0.2) is 0 Å². The van der Waals surface area contributed by atoms with Gasteiger partial charge < -0.3 is 19.7 Å². The topological polar surface area (TPSA) is 123 Å². The molecule has 174 valence electrons. The number of aromatic hydroxyl groups is 2. The van der Waals surface area contributed by atoms with Gasteiger partial charge in [0.15, 0.2) is 11.5 Å². The SMILES string of the molecule is CCCCn1c(O)c2ccc(C(=O)N=NC(=O)c3ccc(OC(C)C)c(OC)c3)cc2c1O. The number of azo groups is 1. The first-order chi connectivity index (χ1) is 15.8. The van der Waals surface area contributed by atoms with E-state index in [9.17, 15) is 19.8 Å². The van der Waals surface area contributed by atoms with E-state index in [1.165, 1.54) is 42.0 Å². The largest absolute Gasteiger partial charge is 0.494 e. The number of hydrogen-bond acceptors (Lipinski definition) is 6. The third-order valence-electron chi connectivity index (χ3n) is 5.00. The molecule has 0 saturated carbocycles. The highest BCUT2D eigenvalue weighted by molar-refractivity contribution is 6.03. The summed E-state index contributed by atoms with van der Waals surface area (Å²) in [6.45, 7) is 6.20. The molecule has 3 rings (SSSR count). The van der Waals surface area contributed by atoms with E-state index in [1.807, 2.05) is 20.8 Å². The molecule has 2 N–H and O–H groups in total. The number of benzene rings is 2. The molecule has 0 saturated heterocycles. The van der Waals surface area contributed by atoms with Crippen molar-refractivity contribution >= 4 is 22.6 Å². The van der Waals surface area contributed by atoms with Crippen LogP contribution in [0.4, 0.5) is 0 Å². The Kier molecular flexibility index (Phi) is 7.32. The lowest BCUT2D eigenvalue weighted by Gasteiger charge is -2.13. The molecule has 9 heteroatoms. The number of unbranched alkanes of at least 4 members (excludes halogenated alkanes) is 1. The van der Waals surface area contributed by atoms with Gasteiger partial charge in [0, 0.05) is 28.4 Å². The normalized spacial score (nSPS) is 11.4. The fourth-order valence-electron chi connectivity index (χ4n) is 3.33. The van der Waals surface area contributed by atoms with E-state index in [0.29, 0.717) is 28.8 Å². The molecule has 2 amide bonds. The van der Waals surface area contributed by atoms with Crippen LogP contribution in [0.3, 0.4) is 0 Å². The number of aromatic nitrogens is 1. The predicted octanol–water partition coefficient (Wildman–Crippen LogP) is 5.08. The van der Waals surface area contributed by atoms with Crippen LogP contribution in [0.25, 0.3) is 10.8 Å². The summed E-state index contributed by atoms with van der Waals surface area (Å²) in [7, 11) is 1.46. The van der Waals surface area contributed by atoms with Gasteiger partial charge in [0.2, 0.25) is 11.8 Å². The van der Waals surface area contributed by atoms with Gasteiger partial charge in [-0.1, -0.05) is 13.3 Å². The lowest BCUT2D eigenvalue weighted by molar-refractivity contribution is 0.0946. The number of carbonyl (C=O) groups is 2. The van der Waals surface area contributed by atoms with E-state index < -0.39 is 11.8 Å². The number of carbonyl (C=O) groups excluding carboxylic acids is 2. The van der Waals surface area contributed by atoms with Crippen molar-refractivity contribution in [3.05, 3.63) is 47.5 Å². The van der Waals surface area contributed by atoms with E-state index >= 15 is 0 Å². The highest BCUT2D eigenvalue weighted by Crippen LogP contribution is 2.37. The Morgan fingerprint density at radius 3 is 2.15 bits per heavy atom. The third kappa shape index (κ3) is 5.14. The zero-order valence-corrected chi connectivity index (χ0v) is 19.0. The highest BCUT2D eigenvalue weighted by atomic mass is 16.5. The quantitative estimate of drug-likeness (QED) is 0.459. The van der Waals surface area contributed by atoms with Crippen LogP contribution in [0.15, 0.2) is 46.6 Å². The molecular formula is C24H27N3O6. The molecule has 0 bridgehead atoms. The summed E-state index contributed by atoms with van der Waals surface area (Å²) in [5.41, 5.74) is 0.311. The molecule has 0 aliphatic rings. The summed E-state index contributed by atoms with van der Waals surface area (Å²) in [5, 5.41) is 28.6. The Morgan fingerprint density at radius 1 is 0.939 bits per heavy atom. The number of nitrogens with zero attached hydrogens (tertiary/aromatic N) is 3. The minimum atomic E-state index is -0.753.